The molecular weight excluding hydrogens is 226 g/mol. The van der Waals surface area contributed by atoms with E-state index in [0.717, 1.165) is 24.1 Å². The molecule has 0 spiro atoms. The van der Waals surface area contributed by atoms with Crippen LogP contribution >= 0.6 is 0 Å². The largest absolute Gasteiger partial charge is 0.456 e. The molecule has 18 heavy (non-hydrogen) atoms. The van der Waals surface area contributed by atoms with Crippen LogP contribution in [-0.4, -0.2) is 43.2 Å². The summed E-state index contributed by atoms with van der Waals surface area (Å²) in [6, 6.07) is 0. The fourth-order valence-corrected chi connectivity index (χ4v) is 2.12. The molecule has 0 heterocycles. The minimum atomic E-state index is -0.270. The Bertz CT molecular complexity index is 257. The number of unbranched alkanes of at least 4 members (excludes halogenated alkanes) is 2. The van der Waals surface area contributed by atoms with Gasteiger partial charge in [0.15, 0.2) is 0 Å². The van der Waals surface area contributed by atoms with Crippen molar-refractivity contribution in [3.05, 3.63) is 12.2 Å². The van der Waals surface area contributed by atoms with Crippen molar-refractivity contribution < 1.29 is 14.0 Å². The summed E-state index contributed by atoms with van der Waals surface area (Å²) in [5.41, 5.74) is 0.479. The molecule has 0 aliphatic carbocycles. The van der Waals surface area contributed by atoms with E-state index in [0.29, 0.717) is 12.2 Å². The maximum Gasteiger partial charge on any atom is 0.333 e. The summed E-state index contributed by atoms with van der Waals surface area (Å²) in [6.45, 7) is 16.7. The van der Waals surface area contributed by atoms with Crippen LogP contribution in [0.25, 0.3) is 0 Å². The third-order valence-corrected chi connectivity index (χ3v) is 3.72. The molecule has 3 heteroatoms. The molecule has 0 saturated heterocycles. The zero-order valence-corrected chi connectivity index (χ0v) is 12.6. The lowest BCUT2D eigenvalue weighted by Gasteiger charge is -2.36. The van der Waals surface area contributed by atoms with Gasteiger partial charge in [-0.25, -0.2) is 4.79 Å². The SMILES string of the molecule is C=C(C)C(=O)OCC[N+](CC)(CC)CCCCC. The maximum atomic E-state index is 11.3. The zero-order valence-electron chi connectivity index (χ0n) is 12.6. The molecular formula is C15H30NO2+. The monoisotopic (exact) mass is 256 g/mol. The van der Waals surface area contributed by atoms with Crippen LogP contribution in [-0.2, 0) is 9.53 Å². The van der Waals surface area contributed by atoms with Crippen LogP contribution in [0.5, 0.6) is 0 Å². The number of quaternary nitrogens is 1. The van der Waals surface area contributed by atoms with E-state index >= 15 is 0 Å². The third-order valence-electron chi connectivity index (χ3n) is 3.72. The molecule has 0 aliphatic rings. The van der Waals surface area contributed by atoms with Crippen molar-refractivity contribution in [1.82, 2.24) is 0 Å². The molecule has 106 valence electrons. The van der Waals surface area contributed by atoms with E-state index in [4.69, 9.17) is 4.74 Å². The Balaban J connectivity index is 4.16. The van der Waals surface area contributed by atoms with Gasteiger partial charge < -0.3 is 9.22 Å². The molecule has 0 N–H and O–H groups in total. The average Bonchev–Trinajstić information content (AvgIpc) is 2.37. The second-order valence-electron chi connectivity index (χ2n) is 5.04. The summed E-state index contributed by atoms with van der Waals surface area (Å²) < 4.78 is 6.26. The van der Waals surface area contributed by atoms with Gasteiger partial charge in [0.25, 0.3) is 0 Å². The van der Waals surface area contributed by atoms with Crippen LogP contribution in [0.15, 0.2) is 12.2 Å². The first-order chi connectivity index (χ1) is 8.51. The van der Waals surface area contributed by atoms with E-state index in [1.165, 1.54) is 25.8 Å². The molecule has 0 aromatic rings. The summed E-state index contributed by atoms with van der Waals surface area (Å²) in [6.07, 6.45) is 3.79. The summed E-state index contributed by atoms with van der Waals surface area (Å²) >= 11 is 0. The molecule has 0 aromatic carbocycles. The Morgan fingerprint density at radius 1 is 1.11 bits per heavy atom. The topological polar surface area (TPSA) is 26.3 Å². The summed E-state index contributed by atoms with van der Waals surface area (Å²) in [5.74, 6) is -0.270. The minimum absolute atomic E-state index is 0.270. The Kier molecular flexibility index (Phi) is 8.73. The third kappa shape index (κ3) is 6.20. The predicted octanol–water partition coefficient (Wildman–Crippen LogP) is 3.15. The normalized spacial score (nSPS) is 11.3. The highest BCUT2D eigenvalue weighted by molar-refractivity contribution is 5.86. The second-order valence-corrected chi connectivity index (χ2v) is 5.04. The highest BCUT2D eigenvalue weighted by Gasteiger charge is 2.22. The number of rotatable bonds is 10. The van der Waals surface area contributed by atoms with Crippen LogP contribution in [0, 0.1) is 0 Å². The van der Waals surface area contributed by atoms with Crippen molar-refractivity contribution >= 4 is 5.97 Å². The van der Waals surface area contributed by atoms with E-state index < -0.39 is 0 Å². The Morgan fingerprint density at radius 3 is 2.17 bits per heavy atom. The number of ether oxygens (including phenoxy) is 1. The lowest BCUT2D eigenvalue weighted by atomic mass is 10.2. The predicted molar refractivity (Wildman–Crippen MR) is 76.4 cm³/mol. The molecule has 0 saturated carbocycles. The number of nitrogens with zero attached hydrogens (tertiary/aromatic N) is 1. The molecule has 0 amide bonds. The summed E-state index contributed by atoms with van der Waals surface area (Å²) in [4.78, 5) is 11.3. The van der Waals surface area contributed by atoms with Crippen molar-refractivity contribution in [3.8, 4) is 0 Å². The maximum absolute atomic E-state index is 11.3. The van der Waals surface area contributed by atoms with Crippen LogP contribution in [0.1, 0.15) is 47.0 Å². The van der Waals surface area contributed by atoms with Gasteiger partial charge >= 0.3 is 5.97 Å². The standard InChI is InChI=1S/C15H30NO2/c1-6-9-10-11-16(7-2,8-3)12-13-18-15(17)14(4)5/h4,6-13H2,1-3,5H3/q+1. The molecule has 0 radical (unpaired) electrons. The van der Waals surface area contributed by atoms with E-state index in [-0.39, 0.29) is 5.97 Å². The van der Waals surface area contributed by atoms with Crippen molar-refractivity contribution in [2.24, 2.45) is 0 Å². The van der Waals surface area contributed by atoms with Gasteiger partial charge in [-0.2, -0.15) is 0 Å². The van der Waals surface area contributed by atoms with Crippen molar-refractivity contribution in [3.63, 3.8) is 0 Å². The molecule has 0 aromatic heterocycles. The van der Waals surface area contributed by atoms with Gasteiger partial charge in [0.2, 0.25) is 0 Å². The fourth-order valence-electron chi connectivity index (χ4n) is 2.12. The van der Waals surface area contributed by atoms with Crippen molar-refractivity contribution in [2.75, 3.05) is 32.8 Å². The number of hydrogen-bond acceptors (Lipinski definition) is 2. The Labute approximate surface area is 112 Å². The van der Waals surface area contributed by atoms with Crippen LogP contribution in [0.3, 0.4) is 0 Å². The first-order valence-electron chi connectivity index (χ1n) is 7.19. The van der Waals surface area contributed by atoms with Crippen molar-refractivity contribution in [1.29, 1.82) is 0 Å². The number of esters is 1. The first kappa shape index (κ1) is 17.2. The number of hydrogen-bond donors (Lipinski definition) is 0. The van der Waals surface area contributed by atoms with E-state index in [9.17, 15) is 4.79 Å². The Hall–Kier alpha value is -0.830. The van der Waals surface area contributed by atoms with Gasteiger partial charge in [0, 0.05) is 5.57 Å². The zero-order chi connectivity index (χ0) is 14.0. The molecule has 0 bridgehead atoms. The van der Waals surface area contributed by atoms with Gasteiger partial charge in [-0.3, -0.25) is 0 Å². The fraction of sp³-hybridized carbons (Fsp3) is 0.800. The molecule has 3 nitrogen and oxygen atoms in total. The van der Waals surface area contributed by atoms with E-state index in [1.807, 2.05) is 0 Å². The summed E-state index contributed by atoms with van der Waals surface area (Å²) in [5, 5.41) is 0. The van der Waals surface area contributed by atoms with Gasteiger partial charge in [-0.15, -0.1) is 0 Å². The van der Waals surface area contributed by atoms with Gasteiger partial charge in [-0.1, -0.05) is 19.9 Å². The average molecular weight is 256 g/mol. The number of carbonyl (C=O) groups excluding carboxylic acids is 1. The quantitative estimate of drug-likeness (QED) is 0.260. The molecule has 0 fully saturated rings. The lowest BCUT2D eigenvalue weighted by Crippen LogP contribution is -2.50. The Morgan fingerprint density at radius 2 is 1.72 bits per heavy atom. The molecule has 0 unspecified atom stereocenters. The van der Waals surface area contributed by atoms with Gasteiger partial charge in [-0.05, 0) is 33.6 Å². The number of carbonyl (C=O) groups is 1. The molecule has 0 rings (SSSR count). The summed E-state index contributed by atoms with van der Waals surface area (Å²) in [7, 11) is 0. The minimum Gasteiger partial charge on any atom is -0.456 e. The van der Waals surface area contributed by atoms with Crippen LogP contribution in [0.4, 0.5) is 0 Å². The molecule has 0 atom stereocenters. The first-order valence-corrected chi connectivity index (χ1v) is 7.19. The highest BCUT2D eigenvalue weighted by Crippen LogP contribution is 2.10. The van der Waals surface area contributed by atoms with Crippen LogP contribution < -0.4 is 0 Å². The van der Waals surface area contributed by atoms with Gasteiger partial charge in [0.05, 0.1) is 19.6 Å². The van der Waals surface area contributed by atoms with E-state index in [2.05, 4.69) is 27.4 Å². The van der Waals surface area contributed by atoms with Gasteiger partial charge in [0.1, 0.15) is 13.2 Å². The number of likely N-dealkylation sites (N-methyl/N-ethyl adjacent to an activating group) is 1. The second kappa shape index (κ2) is 9.15. The molecule has 0 aliphatic heterocycles. The lowest BCUT2D eigenvalue weighted by molar-refractivity contribution is -0.925. The van der Waals surface area contributed by atoms with Crippen molar-refractivity contribution in [2.45, 2.75) is 47.0 Å². The smallest absolute Gasteiger partial charge is 0.333 e. The van der Waals surface area contributed by atoms with Crippen LogP contribution in [0.2, 0.25) is 0 Å². The highest BCUT2D eigenvalue weighted by atomic mass is 16.5. The van der Waals surface area contributed by atoms with E-state index in [1.54, 1.807) is 6.92 Å².